The third-order valence-electron chi connectivity index (χ3n) is 3.86. The van der Waals surface area contributed by atoms with Crippen LogP contribution in [0.4, 0.5) is 43.4 Å². The molecule has 2 aromatic rings. The van der Waals surface area contributed by atoms with E-state index in [1.807, 2.05) is 5.32 Å². The van der Waals surface area contributed by atoms with Gasteiger partial charge in [-0.25, -0.2) is 0 Å². The maximum Gasteiger partial charge on any atom is 0.417 e. The number of nitro groups is 1. The molecule has 0 fully saturated rings. The van der Waals surface area contributed by atoms with Gasteiger partial charge < -0.3 is 5.32 Å². The van der Waals surface area contributed by atoms with Crippen LogP contribution < -0.4 is 10.7 Å². The Morgan fingerprint density at radius 2 is 1.69 bits per heavy atom. The number of nitro benzene ring substituents is 1. The van der Waals surface area contributed by atoms with Crippen molar-refractivity contribution in [2.45, 2.75) is 12.4 Å². The van der Waals surface area contributed by atoms with Gasteiger partial charge in [-0.1, -0.05) is 12.1 Å². The van der Waals surface area contributed by atoms with E-state index < -0.39 is 57.0 Å². The Morgan fingerprint density at radius 3 is 2.28 bits per heavy atom. The number of nitrogens with zero attached hydrogens (tertiary/aromatic N) is 2. The lowest BCUT2D eigenvalue weighted by atomic mass is 9.99. The number of benzene rings is 2. The van der Waals surface area contributed by atoms with E-state index in [1.165, 1.54) is 18.2 Å². The molecule has 0 saturated heterocycles. The summed E-state index contributed by atoms with van der Waals surface area (Å²) in [5.41, 5.74) is -4.37. The first-order chi connectivity index (χ1) is 13.4. The fraction of sp³-hybridized carbons (Fsp3) is 0.125. The standard InChI is InChI=1S/C16H8F6N4O3/c17-15(18,19)7-5-8(16(20,21)22)12-10(6-7)23-14(27)13(12)25-24-9-3-1-2-4-11(9)26(28)29/h1-6,24H,(H,23,25,27). The number of para-hydroxylation sites is 2. The van der Waals surface area contributed by atoms with Gasteiger partial charge in [0.25, 0.3) is 11.6 Å². The van der Waals surface area contributed by atoms with Crippen molar-refractivity contribution in [2.75, 3.05) is 10.7 Å². The first-order valence-corrected chi connectivity index (χ1v) is 7.61. The number of hydrogen-bond acceptors (Lipinski definition) is 5. The van der Waals surface area contributed by atoms with Crippen LogP contribution in [0.5, 0.6) is 0 Å². The van der Waals surface area contributed by atoms with Crippen LogP contribution in [0.3, 0.4) is 0 Å². The van der Waals surface area contributed by atoms with Crippen molar-refractivity contribution < 1.29 is 36.1 Å². The highest BCUT2D eigenvalue weighted by Crippen LogP contribution is 2.42. The lowest BCUT2D eigenvalue weighted by Gasteiger charge is -2.15. The van der Waals surface area contributed by atoms with Crippen LogP contribution in [0.2, 0.25) is 0 Å². The third-order valence-corrected chi connectivity index (χ3v) is 3.86. The second-order valence-electron chi connectivity index (χ2n) is 5.74. The summed E-state index contributed by atoms with van der Waals surface area (Å²) in [6.07, 6.45) is -10.3. The summed E-state index contributed by atoms with van der Waals surface area (Å²) in [6.45, 7) is 0. The van der Waals surface area contributed by atoms with Gasteiger partial charge in [0.15, 0.2) is 5.71 Å². The smallest absolute Gasteiger partial charge is 0.320 e. The van der Waals surface area contributed by atoms with Gasteiger partial charge in [0.05, 0.1) is 21.7 Å². The average molecular weight is 418 g/mol. The summed E-state index contributed by atoms with van der Waals surface area (Å²) in [5.74, 6) is -1.20. The van der Waals surface area contributed by atoms with Gasteiger partial charge >= 0.3 is 12.4 Å². The maximum absolute atomic E-state index is 13.4. The molecule has 0 aliphatic carbocycles. The molecule has 29 heavy (non-hydrogen) atoms. The lowest BCUT2D eigenvalue weighted by Crippen LogP contribution is -2.19. The molecule has 2 N–H and O–H groups in total. The van der Waals surface area contributed by atoms with E-state index in [0.717, 1.165) is 6.07 Å². The zero-order chi connectivity index (χ0) is 21.6. The Hall–Kier alpha value is -3.64. The average Bonchev–Trinajstić information content (AvgIpc) is 2.92. The topological polar surface area (TPSA) is 96.6 Å². The maximum atomic E-state index is 13.4. The minimum absolute atomic E-state index is 0.125. The Bertz CT molecular complexity index is 1050. The molecule has 3 rings (SSSR count). The molecule has 1 amide bonds. The summed E-state index contributed by atoms with van der Waals surface area (Å²) < 4.78 is 78.9. The van der Waals surface area contributed by atoms with Crippen molar-refractivity contribution in [3.63, 3.8) is 0 Å². The number of alkyl halides is 6. The summed E-state index contributed by atoms with van der Waals surface area (Å²) in [7, 11) is 0. The van der Waals surface area contributed by atoms with Crippen LogP contribution in [0.25, 0.3) is 0 Å². The molecule has 0 unspecified atom stereocenters. The molecule has 1 aliphatic heterocycles. The molecule has 152 valence electrons. The van der Waals surface area contributed by atoms with Crippen molar-refractivity contribution >= 4 is 28.7 Å². The number of carbonyl (C=O) groups is 1. The molecule has 0 radical (unpaired) electrons. The molecule has 0 atom stereocenters. The summed E-state index contributed by atoms with van der Waals surface area (Å²) in [4.78, 5) is 22.2. The lowest BCUT2D eigenvalue weighted by molar-refractivity contribution is -0.384. The molecule has 2 aromatic carbocycles. The molecule has 7 nitrogen and oxygen atoms in total. The predicted molar refractivity (Wildman–Crippen MR) is 88.3 cm³/mol. The van der Waals surface area contributed by atoms with E-state index in [1.54, 1.807) is 0 Å². The number of amides is 1. The first kappa shape index (κ1) is 20.1. The quantitative estimate of drug-likeness (QED) is 0.439. The van der Waals surface area contributed by atoms with Gasteiger partial charge in [-0.2, -0.15) is 31.4 Å². The number of nitrogens with one attached hydrogen (secondary N) is 2. The van der Waals surface area contributed by atoms with Crippen LogP contribution in [0.1, 0.15) is 16.7 Å². The molecule has 1 aliphatic rings. The zero-order valence-electron chi connectivity index (χ0n) is 13.9. The highest BCUT2D eigenvalue weighted by atomic mass is 19.4. The van der Waals surface area contributed by atoms with Crippen LogP contribution in [0, 0.1) is 10.1 Å². The molecule has 0 aromatic heterocycles. The SMILES string of the molecule is O=C1Nc2cc(C(F)(F)F)cc(C(F)(F)F)c2C1=NNc1ccccc1[N+](=O)[O-]. The Balaban J connectivity index is 2.13. The Kier molecular flexibility index (Phi) is 4.68. The van der Waals surface area contributed by atoms with Crippen LogP contribution in [-0.4, -0.2) is 16.5 Å². The fourth-order valence-corrected chi connectivity index (χ4v) is 2.63. The second-order valence-corrected chi connectivity index (χ2v) is 5.74. The van der Waals surface area contributed by atoms with Crippen molar-refractivity contribution in [3.8, 4) is 0 Å². The van der Waals surface area contributed by atoms with Gasteiger partial charge in [-0.15, -0.1) is 0 Å². The molecular formula is C16H8F6N4O3. The van der Waals surface area contributed by atoms with Gasteiger partial charge in [0, 0.05) is 11.6 Å². The second kappa shape index (κ2) is 6.76. The van der Waals surface area contributed by atoms with Gasteiger partial charge in [0.2, 0.25) is 0 Å². The minimum atomic E-state index is -5.23. The molecule has 0 spiro atoms. The van der Waals surface area contributed by atoms with Crippen LogP contribution >= 0.6 is 0 Å². The van der Waals surface area contributed by atoms with Crippen molar-refractivity contribution in [1.82, 2.24) is 0 Å². The third kappa shape index (κ3) is 3.83. The number of hydrazone groups is 1. The zero-order valence-corrected chi connectivity index (χ0v) is 13.9. The highest BCUT2D eigenvalue weighted by molar-refractivity contribution is 6.54. The summed E-state index contributed by atoms with van der Waals surface area (Å²) >= 11 is 0. The molecule has 13 heteroatoms. The van der Waals surface area contributed by atoms with Crippen LogP contribution in [0.15, 0.2) is 41.5 Å². The fourth-order valence-electron chi connectivity index (χ4n) is 2.63. The summed E-state index contributed by atoms with van der Waals surface area (Å²) in [6, 6.07) is 5.20. The normalized spacial score (nSPS) is 15.2. The van der Waals surface area contributed by atoms with E-state index in [4.69, 9.17) is 0 Å². The first-order valence-electron chi connectivity index (χ1n) is 7.61. The highest BCUT2D eigenvalue weighted by Gasteiger charge is 2.44. The number of halogens is 6. The van der Waals surface area contributed by atoms with Crippen LogP contribution in [-0.2, 0) is 17.1 Å². The van der Waals surface area contributed by atoms with E-state index in [0.29, 0.717) is 6.07 Å². The van der Waals surface area contributed by atoms with E-state index in [9.17, 15) is 41.3 Å². The Labute approximate surface area is 157 Å². The van der Waals surface area contributed by atoms with Gasteiger partial charge in [-0.05, 0) is 18.2 Å². The number of carbonyl (C=O) groups excluding carboxylic acids is 1. The van der Waals surface area contributed by atoms with Gasteiger partial charge in [-0.3, -0.25) is 20.3 Å². The van der Waals surface area contributed by atoms with E-state index in [-0.39, 0.29) is 11.8 Å². The minimum Gasteiger partial charge on any atom is -0.320 e. The molecular weight excluding hydrogens is 410 g/mol. The predicted octanol–water partition coefficient (Wildman–Crippen LogP) is 4.40. The number of anilines is 2. The number of fused-ring (bicyclic) bond motifs is 1. The Morgan fingerprint density at radius 1 is 1.03 bits per heavy atom. The van der Waals surface area contributed by atoms with Gasteiger partial charge in [0.1, 0.15) is 5.69 Å². The monoisotopic (exact) mass is 418 g/mol. The molecule has 0 bridgehead atoms. The molecule has 1 heterocycles. The number of rotatable bonds is 3. The van der Waals surface area contributed by atoms with Crippen molar-refractivity contribution in [2.24, 2.45) is 5.10 Å². The summed E-state index contributed by atoms with van der Waals surface area (Å²) in [5, 5.41) is 16.4. The molecule has 0 saturated carbocycles. The van der Waals surface area contributed by atoms with E-state index >= 15 is 0 Å². The van der Waals surface area contributed by atoms with Crippen molar-refractivity contribution in [3.05, 3.63) is 63.2 Å². The largest absolute Gasteiger partial charge is 0.417 e. The van der Waals surface area contributed by atoms with Crippen molar-refractivity contribution in [1.29, 1.82) is 0 Å². The van der Waals surface area contributed by atoms with E-state index in [2.05, 4.69) is 10.5 Å². The number of hydrogen-bond donors (Lipinski definition) is 2.